The summed E-state index contributed by atoms with van der Waals surface area (Å²) in [5, 5.41) is 28.4. The van der Waals surface area contributed by atoms with E-state index >= 15 is 0 Å². The Morgan fingerprint density at radius 1 is 1.08 bits per heavy atom. The number of amides is 1. The standard InChI is InChI=1S/C29H27N5O4/c1-17-12-25(34(2)33-17)29(37)31-20-7-4-18(5-8-20)13-19-6-10-24-22(14-19)23(28(36)32-24)16-30-21-9-11-27(38-3)26(35)15-21/h4-12,14-16,32,35-36H,13H2,1-3H3,(H,31,37). The topological polar surface area (TPSA) is 125 Å². The lowest BCUT2D eigenvalue weighted by atomic mass is 10.0. The van der Waals surface area contributed by atoms with Crippen molar-refractivity contribution in [2.75, 3.05) is 12.4 Å². The highest BCUT2D eigenvalue weighted by Crippen LogP contribution is 2.31. The number of aromatic nitrogens is 3. The largest absolute Gasteiger partial charge is 0.504 e. The lowest BCUT2D eigenvalue weighted by Crippen LogP contribution is -2.16. The number of benzene rings is 3. The van der Waals surface area contributed by atoms with Crippen LogP contribution in [0.15, 0.2) is 71.7 Å². The number of nitrogens with one attached hydrogen (secondary N) is 2. The second-order valence-corrected chi connectivity index (χ2v) is 9.00. The zero-order chi connectivity index (χ0) is 26.8. The highest BCUT2D eigenvalue weighted by Gasteiger charge is 2.13. The van der Waals surface area contributed by atoms with Gasteiger partial charge in [0.2, 0.25) is 0 Å². The minimum Gasteiger partial charge on any atom is -0.504 e. The maximum absolute atomic E-state index is 12.5. The fraction of sp³-hybridized carbons (Fsp3) is 0.138. The molecule has 3 aromatic carbocycles. The van der Waals surface area contributed by atoms with Gasteiger partial charge in [0.25, 0.3) is 5.91 Å². The third kappa shape index (κ3) is 5.08. The summed E-state index contributed by atoms with van der Waals surface area (Å²) in [5.41, 5.74) is 5.98. The number of aryl methyl sites for hydroxylation is 2. The van der Waals surface area contributed by atoms with Gasteiger partial charge in [-0.25, -0.2) is 0 Å². The van der Waals surface area contributed by atoms with Crippen LogP contribution < -0.4 is 10.1 Å². The van der Waals surface area contributed by atoms with Gasteiger partial charge in [0.15, 0.2) is 17.4 Å². The van der Waals surface area contributed by atoms with Crippen molar-refractivity contribution >= 4 is 34.4 Å². The van der Waals surface area contributed by atoms with Crippen LogP contribution in [0.3, 0.4) is 0 Å². The molecule has 0 aliphatic carbocycles. The monoisotopic (exact) mass is 509 g/mol. The molecule has 4 N–H and O–H groups in total. The van der Waals surface area contributed by atoms with E-state index in [9.17, 15) is 15.0 Å². The number of anilines is 1. The van der Waals surface area contributed by atoms with Crippen LogP contribution >= 0.6 is 0 Å². The molecule has 0 bridgehead atoms. The van der Waals surface area contributed by atoms with Crippen LogP contribution in [0, 0.1) is 6.92 Å². The molecule has 5 rings (SSSR count). The summed E-state index contributed by atoms with van der Waals surface area (Å²) >= 11 is 0. The molecule has 0 fully saturated rings. The van der Waals surface area contributed by atoms with Crippen molar-refractivity contribution in [3.8, 4) is 17.4 Å². The van der Waals surface area contributed by atoms with Gasteiger partial charge in [0.1, 0.15) is 5.69 Å². The molecule has 2 aromatic heterocycles. The summed E-state index contributed by atoms with van der Waals surface area (Å²) in [6.07, 6.45) is 2.24. The highest BCUT2D eigenvalue weighted by molar-refractivity contribution is 6.03. The van der Waals surface area contributed by atoms with Gasteiger partial charge >= 0.3 is 0 Å². The first-order valence-corrected chi connectivity index (χ1v) is 12.0. The van der Waals surface area contributed by atoms with Crippen LogP contribution in [0.5, 0.6) is 17.4 Å². The van der Waals surface area contributed by atoms with Crippen LogP contribution in [0.4, 0.5) is 11.4 Å². The number of aromatic hydroxyl groups is 2. The van der Waals surface area contributed by atoms with Crippen LogP contribution in [-0.2, 0) is 13.5 Å². The van der Waals surface area contributed by atoms with Gasteiger partial charge in [0.05, 0.1) is 24.1 Å². The van der Waals surface area contributed by atoms with E-state index in [1.807, 2.05) is 49.4 Å². The molecular weight excluding hydrogens is 482 g/mol. The molecule has 38 heavy (non-hydrogen) atoms. The molecule has 2 heterocycles. The van der Waals surface area contributed by atoms with Crippen LogP contribution in [0.1, 0.15) is 32.9 Å². The molecule has 0 spiro atoms. The summed E-state index contributed by atoms with van der Waals surface area (Å²) in [6.45, 7) is 1.85. The molecule has 1 amide bonds. The number of phenols is 1. The zero-order valence-corrected chi connectivity index (χ0v) is 21.2. The maximum atomic E-state index is 12.5. The van der Waals surface area contributed by atoms with Crippen molar-refractivity contribution in [1.29, 1.82) is 0 Å². The fourth-order valence-electron chi connectivity index (χ4n) is 4.34. The first kappa shape index (κ1) is 24.6. The van der Waals surface area contributed by atoms with Gasteiger partial charge in [-0.3, -0.25) is 14.5 Å². The molecule has 5 aromatic rings. The van der Waals surface area contributed by atoms with E-state index in [1.165, 1.54) is 13.2 Å². The minimum atomic E-state index is -0.211. The Hall–Kier alpha value is -5.05. The second kappa shape index (κ2) is 10.1. The Balaban J connectivity index is 1.32. The molecule has 0 saturated carbocycles. The Bertz CT molecular complexity index is 1660. The minimum absolute atomic E-state index is 0.00903. The number of carbonyl (C=O) groups is 1. The number of fused-ring (bicyclic) bond motifs is 1. The maximum Gasteiger partial charge on any atom is 0.273 e. The number of hydrogen-bond acceptors (Lipinski definition) is 6. The molecule has 0 saturated heterocycles. The Morgan fingerprint density at radius 3 is 2.53 bits per heavy atom. The molecule has 0 atom stereocenters. The first-order chi connectivity index (χ1) is 18.3. The number of aliphatic imine (C=N–C) groups is 1. The lowest BCUT2D eigenvalue weighted by Gasteiger charge is -2.07. The van der Waals surface area contributed by atoms with Gasteiger partial charge in [-0.2, -0.15) is 5.10 Å². The number of phenolic OH excluding ortho intramolecular Hbond substituents is 1. The van der Waals surface area contributed by atoms with E-state index in [-0.39, 0.29) is 17.5 Å². The number of nitrogens with zero attached hydrogens (tertiary/aromatic N) is 3. The molecule has 0 aliphatic heterocycles. The van der Waals surface area contributed by atoms with Crippen molar-refractivity contribution < 1.29 is 19.7 Å². The number of hydrogen-bond donors (Lipinski definition) is 4. The van der Waals surface area contributed by atoms with Crippen molar-refractivity contribution in [2.45, 2.75) is 13.3 Å². The smallest absolute Gasteiger partial charge is 0.273 e. The third-order valence-electron chi connectivity index (χ3n) is 6.24. The molecule has 0 unspecified atom stereocenters. The van der Waals surface area contributed by atoms with Crippen molar-refractivity contribution in [3.05, 3.63) is 94.8 Å². The van der Waals surface area contributed by atoms with Crippen LogP contribution in [0.25, 0.3) is 10.9 Å². The van der Waals surface area contributed by atoms with E-state index in [0.717, 1.165) is 27.7 Å². The molecule has 9 nitrogen and oxygen atoms in total. The quantitative estimate of drug-likeness (QED) is 0.224. The summed E-state index contributed by atoms with van der Waals surface area (Å²) in [6, 6.07) is 20.2. The lowest BCUT2D eigenvalue weighted by molar-refractivity contribution is 0.101. The predicted octanol–water partition coefficient (Wildman–Crippen LogP) is 5.22. The van der Waals surface area contributed by atoms with Crippen LogP contribution in [-0.4, -0.2) is 44.2 Å². The Kier molecular flexibility index (Phi) is 6.57. The molecule has 0 radical (unpaired) electrons. The first-order valence-electron chi connectivity index (χ1n) is 12.0. The number of ether oxygens (including phenoxy) is 1. The Morgan fingerprint density at radius 2 is 1.84 bits per heavy atom. The van der Waals surface area contributed by atoms with E-state index in [1.54, 1.807) is 36.1 Å². The summed E-state index contributed by atoms with van der Waals surface area (Å²) in [4.78, 5) is 19.9. The fourth-order valence-corrected chi connectivity index (χ4v) is 4.34. The second-order valence-electron chi connectivity index (χ2n) is 9.00. The number of aromatic amines is 1. The van der Waals surface area contributed by atoms with Crippen molar-refractivity contribution in [2.24, 2.45) is 12.0 Å². The van der Waals surface area contributed by atoms with Gasteiger partial charge in [-0.15, -0.1) is 0 Å². The summed E-state index contributed by atoms with van der Waals surface area (Å²) in [5.74, 6) is 0.160. The van der Waals surface area contributed by atoms with Gasteiger partial charge in [0, 0.05) is 35.9 Å². The molecular formula is C29H27N5O4. The van der Waals surface area contributed by atoms with Crippen LogP contribution in [0.2, 0.25) is 0 Å². The van der Waals surface area contributed by atoms with Gasteiger partial charge < -0.3 is 25.3 Å². The summed E-state index contributed by atoms with van der Waals surface area (Å²) in [7, 11) is 3.23. The molecule has 9 heteroatoms. The summed E-state index contributed by atoms with van der Waals surface area (Å²) < 4.78 is 6.63. The van der Waals surface area contributed by atoms with E-state index in [2.05, 4.69) is 20.4 Å². The average molecular weight is 510 g/mol. The van der Waals surface area contributed by atoms with Crippen molar-refractivity contribution in [3.63, 3.8) is 0 Å². The zero-order valence-electron chi connectivity index (χ0n) is 21.2. The SMILES string of the molecule is COc1ccc(N=Cc2c(O)[nH]c3ccc(Cc4ccc(NC(=O)c5cc(C)nn5C)cc4)cc23)cc1O. The molecule has 0 aliphatic rings. The predicted molar refractivity (Wildman–Crippen MR) is 147 cm³/mol. The normalized spacial score (nSPS) is 11.3. The number of rotatable bonds is 7. The number of H-pyrrole nitrogens is 1. The number of methoxy groups -OCH3 is 1. The number of carbonyl (C=O) groups excluding carboxylic acids is 1. The Labute approximate surface area is 219 Å². The van der Waals surface area contributed by atoms with E-state index in [4.69, 9.17) is 4.74 Å². The van der Waals surface area contributed by atoms with Gasteiger partial charge in [-0.05, 0) is 66.9 Å². The average Bonchev–Trinajstić information content (AvgIpc) is 3.40. The van der Waals surface area contributed by atoms with Gasteiger partial charge in [-0.1, -0.05) is 18.2 Å². The highest BCUT2D eigenvalue weighted by atomic mass is 16.5. The third-order valence-corrected chi connectivity index (χ3v) is 6.24. The van der Waals surface area contributed by atoms with Crippen molar-refractivity contribution in [1.82, 2.24) is 14.8 Å². The molecule has 192 valence electrons. The van der Waals surface area contributed by atoms with E-state index < -0.39 is 0 Å². The van der Waals surface area contributed by atoms with E-state index in [0.29, 0.717) is 34.8 Å².